The molecule has 0 aromatic heterocycles. The van der Waals surface area contributed by atoms with Crippen molar-refractivity contribution in [3.8, 4) is 0 Å². The first kappa shape index (κ1) is 25.2. The van der Waals surface area contributed by atoms with Crippen molar-refractivity contribution in [2.75, 3.05) is 24.5 Å². The molecule has 3 aliphatic rings. The number of nitrogens with one attached hydrogen (secondary N) is 1. The molecule has 0 unspecified atom stereocenters. The fourth-order valence-corrected chi connectivity index (χ4v) is 7.45. The van der Waals surface area contributed by atoms with E-state index in [-0.39, 0.29) is 28.7 Å². The van der Waals surface area contributed by atoms with Gasteiger partial charge in [-0.3, -0.25) is 9.59 Å². The van der Waals surface area contributed by atoms with E-state index in [0.717, 1.165) is 50.0 Å². The van der Waals surface area contributed by atoms with Crippen LogP contribution in [0.2, 0.25) is 0 Å². The minimum absolute atomic E-state index is 0.0293. The Morgan fingerprint density at radius 1 is 1.03 bits per heavy atom. The molecule has 1 saturated heterocycles. The van der Waals surface area contributed by atoms with Crippen LogP contribution in [0.3, 0.4) is 0 Å². The molecule has 34 heavy (non-hydrogen) atoms. The van der Waals surface area contributed by atoms with Gasteiger partial charge in [0.05, 0.1) is 4.90 Å². The molecule has 1 aromatic rings. The Balaban J connectivity index is 1.30. The molecule has 2 heterocycles. The summed E-state index contributed by atoms with van der Waals surface area (Å²) in [6.07, 6.45) is 5.25. The predicted octanol–water partition coefficient (Wildman–Crippen LogP) is 3.57. The average molecular weight is 490 g/mol. The first-order valence-corrected chi connectivity index (χ1v) is 14.2. The molecular weight excluding hydrogens is 450 g/mol. The Morgan fingerprint density at radius 3 is 2.29 bits per heavy atom. The van der Waals surface area contributed by atoms with Crippen LogP contribution >= 0.6 is 0 Å². The number of sulfonamides is 1. The summed E-state index contributed by atoms with van der Waals surface area (Å²) in [6, 6.07) is 5.07. The molecule has 1 saturated carbocycles. The third kappa shape index (κ3) is 5.33. The Labute approximate surface area is 204 Å². The molecule has 2 amide bonds. The first-order valence-electron chi connectivity index (χ1n) is 12.8. The van der Waals surface area contributed by atoms with Crippen LogP contribution in [0.4, 0.5) is 5.69 Å². The van der Waals surface area contributed by atoms with Crippen molar-refractivity contribution < 1.29 is 18.0 Å². The quantitative estimate of drug-likeness (QED) is 0.685. The summed E-state index contributed by atoms with van der Waals surface area (Å²) in [6.45, 7) is 10.1. The third-order valence-corrected chi connectivity index (χ3v) is 9.28. The first-order chi connectivity index (χ1) is 16.0. The van der Waals surface area contributed by atoms with Crippen molar-refractivity contribution in [3.63, 3.8) is 0 Å². The summed E-state index contributed by atoms with van der Waals surface area (Å²) in [4.78, 5) is 29.0. The SMILES string of the molecule is CC(=O)N1c2ccc(S(=O)(=O)NCC3CCC(C(=O)N4C[C@H](C)C[C@H](C)C4)CC3)cc2C[C@H]1C. The van der Waals surface area contributed by atoms with Crippen molar-refractivity contribution in [2.24, 2.45) is 23.7 Å². The van der Waals surface area contributed by atoms with Gasteiger partial charge in [-0.25, -0.2) is 13.1 Å². The van der Waals surface area contributed by atoms with Gasteiger partial charge in [0, 0.05) is 44.2 Å². The molecule has 2 fully saturated rings. The highest BCUT2D eigenvalue weighted by Gasteiger charge is 2.34. The van der Waals surface area contributed by atoms with Crippen LogP contribution < -0.4 is 9.62 Å². The number of likely N-dealkylation sites (tertiary alicyclic amines) is 1. The molecule has 0 radical (unpaired) electrons. The van der Waals surface area contributed by atoms with Crippen LogP contribution in [-0.4, -0.2) is 50.8 Å². The largest absolute Gasteiger partial charge is 0.342 e. The van der Waals surface area contributed by atoms with Crippen LogP contribution in [0, 0.1) is 23.7 Å². The van der Waals surface area contributed by atoms with Gasteiger partial charge in [-0.05, 0) is 87.0 Å². The van der Waals surface area contributed by atoms with E-state index in [9.17, 15) is 18.0 Å². The number of rotatable bonds is 5. The zero-order valence-electron chi connectivity index (χ0n) is 20.9. The number of amides is 2. The van der Waals surface area contributed by atoms with Gasteiger partial charge in [0.25, 0.3) is 0 Å². The second kappa shape index (κ2) is 9.97. The maximum Gasteiger partial charge on any atom is 0.240 e. The molecule has 1 N–H and O–H groups in total. The smallest absolute Gasteiger partial charge is 0.240 e. The lowest BCUT2D eigenvalue weighted by molar-refractivity contribution is -0.139. The maximum atomic E-state index is 13.0. The third-order valence-electron chi connectivity index (χ3n) is 7.85. The van der Waals surface area contributed by atoms with Gasteiger partial charge in [-0.15, -0.1) is 0 Å². The number of piperidine rings is 1. The van der Waals surface area contributed by atoms with E-state index in [1.165, 1.54) is 13.3 Å². The minimum atomic E-state index is -3.62. The number of carbonyl (C=O) groups excluding carboxylic acids is 2. The van der Waals surface area contributed by atoms with E-state index >= 15 is 0 Å². The number of fused-ring (bicyclic) bond motifs is 1. The standard InChI is InChI=1S/C26H39N3O4S/c1-17-11-18(2)16-28(15-17)26(31)22-7-5-21(6-8-22)14-27-34(32,33)24-9-10-25-23(13-24)12-19(3)29(25)20(4)30/h9-10,13,17-19,21-22,27H,5-8,11-12,14-16H2,1-4H3/t17-,18+,19-,21?,22?/m1/s1. The molecule has 7 nitrogen and oxygen atoms in total. The molecule has 1 aliphatic carbocycles. The van der Waals surface area contributed by atoms with E-state index in [2.05, 4.69) is 23.5 Å². The van der Waals surface area contributed by atoms with Gasteiger partial charge in [-0.2, -0.15) is 0 Å². The van der Waals surface area contributed by atoms with E-state index in [1.54, 1.807) is 23.1 Å². The van der Waals surface area contributed by atoms with Crippen LogP contribution in [0.5, 0.6) is 0 Å². The molecule has 188 valence electrons. The lowest BCUT2D eigenvalue weighted by Crippen LogP contribution is -2.46. The highest BCUT2D eigenvalue weighted by atomic mass is 32.2. The zero-order valence-corrected chi connectivity index (χ0v) is 21.7. The fraction of sp³-hybridized carbons (Fsp3) is 0.692. The minimum Gasteiger partial charge on any atom is -0.342 e. The van der Waals surface area contributed by atoms with Gasteiger partial charge in [0.1, 0.15) is 0 Å². The second-order valence-corrected chi connectivity index (χ2v) is 12.8. The van der Waals surface area contributed by atoms with Gasteiger partial charge in [0.2, 0.25) is 21.8 Å². The molecule has 2 aliphatic heterocycles. The lowest BCUT2D eigenvalue weighted by Gasteiger charge is -2.38. The average Bonchev–Trinajstić information content (AvgIpc) is 3.12. The Kier molecular flexibility index (Phi) is 7.38. The summed E-state index contributed by atoms with van der Waals surface area (Å²) in [5.41, 5.74) is 1.70. The second-order valence-electron chi connectivity index (χ2n) is 11.0. The predicted molar refractivity (Wildman–Crippen MR) is 133 cm³/mol. The number of benzene rings is 1. The van der Waals surface area contributed by atoms with E-state index in [1.807, 2.05) is 6.92 Å². The molecule has 0 bridgehead atoms. The number of anilines is 1. The van der Waals surface area contributed by atoms with E-state index < -0.39 is 10.0 Å². The topological polar surface area (TPSA) is 86.8 Å². The van der Waals surface area contributed by atoms with Gasteiger partial charge in [0.15, 0.2) is 0 Å². The summed E-state index contributed by atoms with van der Waals surface area (Å²) in [5, 5.41) is 0. The van der Waals surface area contributed by atoms with E-state index in [0.29, 0.717) is 30.7 Å². The molecule has 4 rings (SSSR count). The molecule has 1 aromatic carbocycles. The van der Waals surface area contributed by atoms with Crippen molar-refractivity contribution in [2.45, 2.75) is 77.2 Å². The molecular formula is C26H39N3O4S. The van der Waals surface area contributed by atoms with Crippen LogP contribution in [-0.2, 0) is 26.0 Å². The van der Waals surface area contributed by atoms with Crippen LogP contribution in [0.1, 0.15) is 65.4 Å². The van der Waals surface area contributed by atoms with E-state index in [4.69, 9.17) is 0 Å². The number of nitrogens with zero attached hydrogens (tertiary/aromatic N) is 2. The maximum absolute atomic E-state index is 13.0. The number of hydrogen-bond acceptors (Lipinski definition) is 4. The molecule has 8 heteroatoms. The summed E-state index contributed by atoms with van der Waals surface area (Å²) in [7, 11) is -3.62. The van der Waals surface area contributed by atoms with Crippen molar-refractivity contribution in [3.05, 3.63) is 23.8 Å². The van der Waals surface area contributed by atoms with Crippen molar-refractivity contribution >= 4 is 27.5 Å². The van der Waals surface area contributed by atoms with Crippen molar-refractivity contribution in [1.29, 1.82) is 0 Å². The highest BCUT2D eigenvalue weighted by Crippen LogP contribution is 2.35. The summed E-state index contributed by atoms with van der Waals surface area (Å²) >= 11 is 0. The number of carbonyl (C=O) groups is 2. The lowest BCUT2D eigenvalue weighted by atomic mass is 9.80. The Bertz CT molecular complexity index is 1020. The molecule has 0 spiro atoms. The van der Waals surface area contributed by atoms with Crippen LogP contribution in [0.25, 0.3) is 0 Å². The Morgan fingerprint density at radius 2 is 1.68 bits per heavy atom. The summed E-state index contributed by atoms with van der Waals surface area (Å²) in [5.74, 6) is 1.72. The van der Waals surface area contributed by atoms with Crippen LogP contribution in [0.15, 0.2) is 23.1 Å². The Hall–Kier alpha value is -1.93. The zero-order chi connectivity index (χ0) is 24.6. The van der Waals surface area contributed by atoms with Gasteiger partial charge >= 0.3 is 0 Å². The summed E-state index contributed by atoms with van der Waals surface area (Å²) < 4.78 is 28.7. The fourth-order valence-electron chi connectivity index (χ4n) is 6.28. The van der Waals surface area contributed by atoms with Gasteiger partial charge < -0.3 is 9.80 Å². The molecule has 3 atom stereocenters. The normalized spacial score (nSPS) is 29.7. The van der Waals surface area contributed by atoms with Gasteiger partial charge in [-0.1, -0.05) is 13.8 Å². The van der Waals surface area contributed by atoms with Crippen molar-refractivity contribution in [1.82, 2.24) is 9.62 Å². The highest BCUT2D eigenvalue weighted by molar-refractivity contribution is 7.89. The monoisotopic (exact) mass is 489 g/mol. The number of hydrogen-bond donors (Lipinski definition) is 1.